The maximum Gasteiger partial charge on any atom is 0.0740 e. The molecule has 0 aromatic heterocycles. The summed E-state index contributed by atoms with van der Waals surface area (Å²) in [5.74, 6) is 0. The van der Waals surface area contributed by atoms with Gasteiger partial charge in [0.05, 0.1) is 8.46 Å². The fraction of sp³-hybridized carbons (Fsp3) is 0.529. The van der Waals surface area contributed by atoms with E-state index in [1.54, 1.807) is 0 Å². The van der Waals surface area contributed by atoms with Gasteiger partial charge in [0, 0.05) is 21.7 Å². The third-order valence-electron chi connectivity index (χ3n) is 2.21. The average molecular weight is 421 g/mol. The Balaban J connectivity index is -0.0000000244. The Kier molecular flexibility index (Phi) is 68.2. The van der Waals surface area contributed by atoms with Gasteiger partial charge in [-0.3, -0.25) is 6.08 Å². The molecule has 0 aromatic carbocycles. The molecule has 0 unspecified atom stereocenters. The van der Waals surface area contributed by atoms with Crippen LogP contribution in [0.4, 0.5) is 0 Å². The zero-order valence-corrected chi connectivity index (χ0v) is 21.4. The van der Waals surface area contributed by atoms with Crippen molar-refractivity contribution >= 4 is 40.7 Å². The van der Waals surface area contributed by atoms with Crippen LogP contribution in [-0.4, -0.2) is 19.8 Å². The molecule has 0 atom stereocenters. The van der Waals surface area contributed by atoms with E-state index >= 15 is 0 Å². The van der Waals surface area contributed by atoms with Crippen LogP contribution in [0.15, 0.2) is 18.2 Å². The number of hydrogen-bond donors (Lipinski definition) is 0. The predicted octanol–water partition coefficient (Wildman–Crippen LogP) is 7.48. The Morgan fingerprint density at radius 3 is 1.32 bits per heavy atom. The van der Waals surface area contributed by atoms with Crippen LogP contribution < -0.4 is 0 Å². The minimum Gasteiger partial charge on any atom is -0.358 e. The molecule has 1 aliphatic rings. The van der Waals surface area contributed by atoms with Crippen molar-refractivity contribution in [1.82, 2.24) is 0 Å². The van der Waals surface area contributed by atoms with Crippen molar-refractivity contribution in [2.24, 2.45) is 0 Å². The largest absolute Gasteiger partial charge is 0.358 e. The smallest absolute Gasteiger partial charge is 0.0740 e. The summed E-state index contributed by atoms with van der Waals surface area (Å²) in [4.78, 5) is 0. The Bertz CT molecular complexity index is 192. The molecular formula is C17H39Cl2PSiTi-5. The Labute approximate surface area is 174 Å². The Morgan fingerprint density at radius 1 is 0.909 bits per heavy atom. The molecule has 0 heterocycles. The molecule has 0 aliphatic heterocycles. The Hall–Kier alpha value is 1.42. The SMILES string of the molecule is CC(C)P(C(C)C)[Si](C)C.Cl.Cl.[C-]1=CC=CC1.[CH3-].[CH3-].[CH3-].[CH3-].[Ti]. The van der Waals surface area contributed by atoms with E-state index in [2.05, 4.69) is 52.9 Å². The first-order valence-corrected chi connectivity index (χ1v) is 10.6. The van der Waals surface area contributed by atoms with Gasteiger partial charge in [-0.05, 0) is 11.3 Å². The maximum absolute atomic E-state index is 2.99. The average Bonchev–Trinajstić information content (AvgIpc) is 2.56. The van der Waals surface area contributed by atoms with Crippen molar-refractivity contribution in [2.75, 3.05) is 0 Å². The second-order valence-corrected chi connectivity index (χ2v) is 13.6. The summed E-state index contributed by atoms with van der Waals surface area (Å²) in [5, 5.41) is 0. The first-order chi connectivity index (χ1) is 6.96. The van der Waals surface area contributed by atoms with Gasteiger partial charge in [-0.15, -0.1) is 38.7 Å². The number of rotatable bonds is 3. The molecule has 1 aliphatic carbocycles. The number of hydrogen-bond acceptors (Lipinski definition) is 0. The van der Waals surface area contributed by atoms with E-state index in [0.29, 0.717) is 7.47 Å². The molecular weight excluding hydrogens is 382 g/mol. The van der Waals surface area contributed by atoms with Crippen LogP contribution >= 0.6 is 32.3 Å². The zero-order chi connectivity index (χ0) is 11.8. The zero-order valence-electron chi connectivity index (χ0n) is 16.4. The second kappa shape index (κ2) is 30.3. The Morgan fingerprint density at radius 2 is 1.27 bits per heavy atom. The van der Waals surface area contributed by atoms with E-state index in [0.717, 1.165) is 17.7 Å². The predicted molar refractivity (Wildman–Crippen MR) is 116 cm³/mol. The van der Waals surface area contributed by atoms with Gasteiger partial charge < -0.3 is 29.7 Å². The quantitative estimate of drug-likeness (QED) is 0.252. The van der Waals surface area contributed by atoms with Gasteiger partial charge in [-0.2, -0.15) is 6.08 Å². The molecule has 0 fully saturated rings. The van der Waals surface area contributed by atoms with Gasteiger partial charge in [0.25, 0.3) is 0 Å². The van der Waals surface area contributed by atoms with E-state index in [4.69, 9.17) is 0 Å². The summed E-state index contributed by atoms with van der Waals surface area (Å²) in [7, 11) is 0.357. The summed E-state index contributed by atoms with van der Waals surface area (Å²) in [6.07, 6.45) is 10.0. The van der Waals surface area contributed by atoms with Crippen LogP contribution in [0.5, 0.6) is 0 Å². The van der Waals surface area contributed by atoms with Crippen LogP contribution in [0, 0.1) is 35.8 Å². The first-order valence-electron chi connectivity index (χ1n) is 5.77. The van der Waals surface area contributed by atoms with Crippen molar-refractivity contribution in [2.45, 2.75) is 58.5 Å². The number of allylic oxidation sites excluding steroid dienone is 4. The first kappa shape index (κ1) is 49.5. The van der Waals surface area contributed by atoms with E-state index in [-0.39, 0.29) is 84.7 Å². The topological polar surface area (TPSA) is 0 Å². The minimum atomic E-state index is -0.00720. The van der Waals surface area contributed by atoms with Crippen molar-refractivity contribution < 1.29 is 21.7 Å². The molecule has 0 saturated carbocycles. The third kappa shape index (κ3) is 26.3. The van der Waals surface area contributed by atoms with Crippen molar-refractivity contribution in [3.8, 4) is 0 Å². The maximum atomic E-state index is 2.99. The standard InChI is InChI=1S/C8H20PSi.C5H5.4CH3.2ClH.Ti/c1-7(2)9(8(3)4)10(5)6;1-2-4-5-3-1;;;;;;;/h7-8H,1-6H3;1-3H,4H2;4*1H3;2*1H;/q;5*-1;;;. The van der Waals surface area contributed by atoms with E-state index in [1.807, 2.05) is 12.2 Å². The number of halogens is 2. The van der Waals surface area contributed by atoms with Gasteiger partial charge in [0.1, 0.15) is 0 Å². The van der Waals surface area contributed by atoms with Gasteiger partial charge in [-0.1, -0.05) is 40.8 Å². The minimum absolute atomic E-state index is 0. The van der Waals surface area contributed by atoms with Crippen LogP contribution in [-0.2, 0) is 21.7 Å². The van der Waals surface area contributed by atoms with Crippen LogP contribution in [0.2, 0.25) is 13.1 Å². The normalized spacial score (nSPS) is 9.73. The van der Waals surface area contributed by atoms with Crippen LogP contribution in [0.25, 0.3) is 0 Å². The second-order valence-electron chi connectivity index (χ2n) is 4.55. The van der Waals surface area contributed by atoms with Crippen molar-refractivity contribution in [1.29, 1.82) is 0 Å². The molecule has 0 aromatic rings. The van der Waals surface area contributed by atoms with Crippen LogP contribution in [0.3, 0.4) is 0 Å². The molecule has 0 bridgehead atoms. The molecule has 0 nitrogen and oxygen atoms in total. The molecule has 22 heavy (non-hydrogen) atoms. The van der Waals surface area contributed by atoms with Crippen LogP contribution in [0.1, 0.15) is 34.1 Å². The summed E-state index contributed by atoms with van der Waals surface area (Å²) in [5.41, 5.74) is 1.89. The molecule has 1 radical (unpaired) electrons. The van der Waals surface area contributed by atoms with E-state index in [1.165, 1.54) is 0 Å². The molecule has 139 valence electrons. The van der Waals surface area contributed by atoms with E-state index < -0.39 is 0 Å². The molecule has 0 amide bonds. The van der Waals surface area contributed by atoms with Gasteiger partial charge in [-0.25, -0.2) is 12.2 Å². The third-order valence-corrected chi connectivity index (χ3v) is 11.7. The van der Waals surface area contributed by atoms with Gasteiger partial charge >= 0.3 is 0 Å². The summed E-state index contributed by atoms with van der Waals surface area (Å²) in [6.45, 7) is 14.4. The molecule has 0 N–H and O–H groups in total. The van der Waals surface area contributed by atoms with Crippen molar-refractivity contribution in [3.05, 3.63) is 54.0 Å². The molecule has 0 spiro atoms. The van der Waals surface area contributed by atoms with Crippen molar-refractivity contribution in [3.63, 3.8) is 0 Å². The fourth-order valence-corrected chi connectivity index (χ4v) is 11.4. The summed E-state index contributed by atoms with van der Waals surface area (Å²) >= 11 is 0. The summed E-state index contributed by atoms with van der Waals surface area (Å²) < 4.78 is 0. The molecule has 5 heteroatoms. The summed E-state index contributed by atoms with van der Waals surface area (Å²) in [6, 6.07) is 0. The van der Waals surface area contributed by atoms with Gasteiger partial charge in [0.15, 0.2) is 0 Å². The molecule has 1 rings (SSSR count). The fourth-order valence-electron chi connectivity index (χ4n) is 1.97. The van der Waals surface area contributed by atoms with E-state index in [9.17, 15) is 0 Å². The van der Waals surface area contributed by atoms with Gasteiger partial charge in [0.2, 0.25) is 0 Å². The molecule has 0 saturated heterocycles. The monoisotopic (exact) mass is 420 g/mol.